The van der Waals surface area contributed by atoms with Gasteiger partial charge in [0.05, 0.1) is 0 Å². The van der Waals surface area contributed by atoms with Gasteiger partial charge in [0, 0.05) is 32.0 Å². The molecule has 4 N–H and O–H groups in total. The third-order valence-electron chi connectivity index (χ3n) is 12.0. The molecule has 0 bridgehead atoms. The minimum absolute atomic E-state index is 0.0102. The Hall–Kier alpha value is -5.14. The van der Waals surface area contributed by atoms with Crippen molar-refractivity contribution >= 4 is 59.7 Å². The van der Waals surface area contributed by atoms with Crippen LogP contribution in [0.15, 0.2) is 84.9 Å². The van der Waals surface area contributed by atoms with Gasteiger partial charge in [-0.15, -0.1) is 0 Å². The molecule has 60 heavy (non-hydrogen) atoms. The summed E-state index contributed by atoms with van der Waals surface area (Å²) in [5.41, 5.74) is -0.0157. The van der Waals surface area contributed by atoms with Crippen molar-refractivity contribution in [3.05, 3.63) is 90.5 Å². The molecule has 2 saturated heterocycles. The number of unbranched alkanes of at least 4 members (excludes halogenated alkanes) is 2. The summed E-state index contributed by atoms with van der Waals surface area (Å²) in [4.78, 5) is 82.7. The van der Waals surface area contributed by atoms with Gasteiger partial charge in [0.15, 0.2) is 5.78 Å². The number of fused-ring (bicyclic) bond motifs is 1. The maximum atomic E-state index is 14.2. The summed E-state index contributed by atoms with van der Waals surface area (Å²) in [6.45, 7) is 13.6. The second kappa shape index (κ2) is 19.9. The molecule has 0 aromatic heterocycles. The zero-order valence-corrected chi connectivity index (χ0v) is 37.3. The number of rotatable bonds is 15. The SMILES string of the molecule is CC[C@]1(C)NC(=O)[C@H](CCCCCC(=O)[C@H](C)O[Si](c2ccccc2)(c2ccccc2)C(C)(C)C)NC(=O)[C@H]2CCCN2C(=O)[C@H](Cc2ccc(NC(C)=O)cc2)NC1=O. The number of Topliss-reactive ketones (excluding diaryl/α,β-unsaturated/α-hetero) is 1. The largest absolute Gasteiger partial charge is 0.398 e. The number of ketones is 1. The van der Waals surface area contributed by atoms with Crippen LogP contribution in [0.25, 0.3) is 0 Å². The predicted molar refractivity (Wildman–Crippen MR) is 236 cm³/mol. The van der Waals surface area contributed by atoms with E-state index in [1.54, 1.807) is 38.1 Å². The molecule has 5 rings (SSSR count). The van der Waals surface area contributed by atoms with Crippen LogP contribution in [0.5, 0.6) is 0 Å². The zero-order chi connectivity index (χ0) is 43.7. The summed E-state index contributed by atoms with van der Waals surface area (Å²) in [7, 11) is -2.92. The molecule has 2 fully saturated rings. The van der Waals surface area contributed by atoms with E-state index >= 15 is 0 Å². The standard InChI is InChI=1S/C47H63N5O7Si/c1-8-47(7)45(58)50-39(31-34-26-28-35(29-27-34)48-33(3)53)44(57)52-30-18-24-40(52)43(56)49-38(42(55)51-47)23-16-11-17-25-41(54)32(2)59-60(46(4,5)6,36-19-12-9-13-20-36)37-21-14-10-15-22-37/h9-10,12-15,19-22,26-29,32,38-40H,8,11,16-18,23-25,30-31H2,1-7H3,(H,48,53)(H,49,56)(H,50,58)(H,51,55)/t32-,38-,39-,40+,47-/m0/s1. The van der Waals surface area contributed by atoms with Gasteiger partial charge in [-0.05, 0) is 79.1 Å². The van der Waals surface area contributed by atoms with Gasteiger partial charge in [0.2, 0.25) is 29.5 Å². The van der Waals surface area contributed by atoms with Gasteiger partial charge in [0.25, 0.3) is 8.32 Å². The van der Waals surface area contributed by atoms with Gasteiger partial charge >= 0.3 is 0 Å². The lowest BCUT2D eigenvalue weighted by atomic mass is 9.94. The highest BCUT2D eigenvalue weighted by atomic mass is 28.4. The van der Waals surface area contributed by atoms with Crippen LogP contribution in [0.2, 0.25) is 5.04 Å². The van der Waals surface area contributed by atoms with Gasteiger partial charge < -0.3 is 30.6 Å². The van der Waals surface area contributed by atoms with Crippen molar-refractivity contribution in [3.8, 4) is 0 Å². The van der Waals surface area contributed by atoms with E-state index in [-0.39, 0.29) is 35.5 Å². The summed E-state index contributed by atoms with van der Waals surface area (Å²) in [6.07, 6.45) is 3.12. The summed E-state index contributed by atoms with van der Waals surface area (Å²) < 4.78 is 7.03. The van der Waals surface area contributed by atoms with E-state index in [1.165, 1.54) is 11.8 Å². The van der Waals surface area contributed by atoms with Crippen molar-refractivity contribution in [2.24, 2.45) is 0 Å². The van der Waals surface area contributed by atoms with E-state index in [0.717, 1.165) is 15.9 Å². The Bertz CT molecular complexity index is 1950. The fourth-order valence-electron chi connectivity index (χ4n) is 8.44. The Balaban J connectivity index is 1.25. The zero-order valence-electron chi connectivity index (χ0n) is 36.3. The molecule has 0 unspecified atom stereocenters. The molecule has 12 nitrogen and oxygen atoms in total. The van der Waals surface area contributed by atoms with Gasteiger partial charge in [-0.25, -0.2) is 0 Å². The Kier molecular flexibility index (Phi) is 15.3. The number of amides is 5. The minimum Gasteiger partial charge on any atom is -0.398 e. The summed E-state index contributed by atoms with van der Waals surface area (Å²) >= 11 is 0. The number of benzene rings is 3. The van der Waals surface area contributed by atoms with E-state index in [1.807, 2.05) is 43.3 Å². The highest BCUT2D eigenvalue weighted by Crippen LogP contribution is 2.37. The third-order valence-corrected chi connectivity index (χ3v) is 17.1. The predicted octanol–water partition coefficient (Wildman–Crippen LogP) is 4.93. The fraction of sp³-hybridized carbons (Fsp3) is 0.489. The molecule has 2 heterocycles. The Morgan fingerprint density at radius 2 is 1.48 bits per heavy atom. The molecule has 2 aliphatic rings. The summed E-state index contributed by atoms with van der Waals surface area (Å²) in [6, 6.07) is 24.7. The maximum absolute atomic E-state index is 14.2. The van der Waals surface area contributed by atoms with Crippen LogP contribution in [-0.2, 0) is 39.6 Å². The molecule has 3 aromatic rings. The average molecular weight is 838 g/mol. The normalized spacial score (nSPS) is 22.1. The smallest absolute Gasteiger partial charge is 0.262 e. The summed E-state index contributed by atoms with van der Waals surface area (Å²) in [5, 5.41) is 13.4. The number of nitrogens with zero attached hydrogens (tertiary/aromatic N) is 1. The first-order valence-corrected chi connectivity index (χ1v) is 23.3. The maximum Gasteiger partial charge on any atom is 0.262 e. The second-order valence-corrected chi connectivity index (χ2v) is 21.8. The highest BCUT2D eigenvalue weighted by molar-refractivity contribution is 6.99. The lowest BCUT2D eigenvalue weighted by Crippen LogP contribution is -2.68. The molecular weight excluding hydrogens is 775 g/mol. The molecule has 5 atom stereocenters. The van der Waals surface area contributed by atoms with Crippen molar-refractivity contribution in [2.75, 3.05) is 11.9 Å². The molecule has 2 aliphatic heterocycles. The first-order chi connectivity index (χ1) is 28.5. The molecule has 3 aromatic carbocycles. The van der Waals surface area contributed by atoms with E-state index in [2.05, 4.69) is 66.3 Å². The van der Waals surface area contributed by atoms with Gasteiger partial charge in [-0.3, -0.25) is 28.8 Å². The molecule has 0 spiro atoms. The molecular formula is C47H63N5O7Si. The molecule has 0 radical (unpaired) electrons. The monoisotopic (exact) mass is 837 g/mol. The number of nitrogens with one attached hydrogen (secondary N) is 4. The number of hydrogen-bond acceptors (Lipinski definition) is 7. The number of carbonyl (C=O) groups is 6. The van der Waals surface area contributed by atoms with Gasteiger partial charge in [-0.1, -0.05) is 113 Å². The second-order valence-electron chi connectivity index (χ2n) is 17.5. The fourth-order valence-corrected chi connectivity index (χ4v) is 13.1. The molecule has 5 amide bonds. The van der Waals surface area contributed by atoms with Crippen molar-refractivity contribution in [3.63, 3.8) is 0 Å². The lowest BCUT2D eigenvalue weighted by Gasteiger charge is -2.44. The first-order valence-electron chi connectivity index (χ1n) is 21.4. The number of anilines is 1. The van der Waals surface area contributed by atoms with Crippen LogP contribution in [0.3, 0.4) is 0 Å². The Morgan fingerprint density at radius 3 is 2.05 bits per heavy atom. The summed E-state index contributed by atoms with van der Waals surface area (Å²) in [5.74, 6) is -1.95. The van der Waals surface area contributed by atoms with Crippen LogP contribution in [0.4, 0.5) is 5.69 Å². The van der Waals surface area contributed by atoms with E-state index in [0.29, 0.717) is 57.2 Å². The van der Waals surface area contributed by atoms with Crippen molar-refractivity contribution in [2.45, 2.75) is 141 Å². The third kappa shape index (κ3) is 10.8. The van der Waals surface area contributed by atoms with E-state index in [4.69, 9.17) is 4.43 Å². The van der Waals surface area contributed by atoms with Gasteiger partial charge in [-0.2, -0.15) is 0 Å². The molecule has 0 saturated carbocycles. The highest BCUT2D eigenvalue weighted by Gasteiger charge is 2.51. The van der Waals surface area contributed by atoms with Crippen molar-refractivity contribution in [1.82, 2.24) is 20.9 Å². The minimum atomic E-state index is -2.92. The molecule has 0 aliphatic carbocycles. The number of hydrogen-bond donors (Lipinski definition) is 4. The topological polar surface area (TPSA) is 163 Å². The van der Waals surface area contributed by atoms with Crippen LogP contribution in [0.1, 0.15) is 105 Å². The number of carbonyl (C=O) groups excluding carboxylic acids is 6. The Labute approximate surface area is 356 Å². The Morgan fingerprint density at radius 1 is 0.867 bits per heavy atom. The quantitative estimate of drug-likeness (QED) is 0.125. The van der Waals surface area contributed by atoms with Crippen LogP contribution < -0.4 is 31.6 Å². The van der Waals surface area contributed by atoms with E-state index < -0.39 is 55.8 Å². The van der Waals surface area contributed by atoms with E-state index in [9.17, 15) is 28.8 Å². The van der Waals surface area contributed by atoms with Crippen LogP contribution in [-0.4, -0.2) is 84.8 Å². The van der Waals surface area contributed by atoms with Gasteiger partial charge in [0.1, 0.15) is 29.8 Å². The first kappa shape index (κ1) is 45.9. The van der Waals surface area contributed by atoms with Crippen LogP contribution >= 0.6 is 0 Å². The molecule has 322 valence electrons. The van der Waals surface area contributed by atoms with Crippen LogP contribution in [0, 0.1) is 0 Å². The molecule has 13 heteroatoms. The van der Waals surface area contributed by atoms with Crippen molar-refractivity contribution in [1.29, 1.82) is 0 Å². The average Bonchev–Trinajstić information content (AvgIpc) is 3.72. The lowest BCUT2D eigenvalue weighted by molar-refractivity contribution is -0.144. The van der Waals surface area contributed by atoms with Crippen molar-refractivity contribution < 1.29 is 33.2 Å².